The van der Waals surface area contributed by atoms with Crippen LogP contribution in [0.1, 0.15) is 5.56 Å². The van der Waals surface area contributed by atoms with Crippen molar-refractivity contribution in [1.29, 1.82) is 5.26 Å². The molecule has 0 amide bonds. The molecule has 0 N–H and O–H groups in total. The van der Waals surface area contributed by atoms with Crippen molar-refractivity contribution in [3.63, 3.8) is 0 Å². The first-order valence-corrected chi connectivity index (χ1v) is 5.46. The van der Waals surface area contributed by atoms with E-state index in [1.807, 2.05) is 36.4 Å². The molecule has 0 radical (unpaired) electrons. The second kappa shape index (κ2) is 4.62. The van der Waals surface area contributed by atoms with E-state index >= 15 is 0 Å². The molecule has 7 heteroatoms. The molecular weight excluding hydrogens is 242 g/mol. The summed E-state index contributed by atoms with van der Waals surface area (Å²) < 4.78 is 0. The van der Waals surface area contributed by atoms with E-state index in [0.717, 1.165) is 5.56 Å². The largest absolute Gasteiger partial charge is 0.215 e. The maximum Gasteiger partial charge on any atom is 0.215 e. The van der Waals surface area contributed by atoms with E-state index in [0.29, 0.717) is 11.4 Å². The molecule has 0 fully saturated rings. The number of benzene rings is 1. The predicted octanol–water partition coefficient (Wildman–Crippen LogP) is 0.991. The Bertz CT molecular complexity index is 742. The maximum atomic E-state index is 9.00. The Hall–Kier alpha value is -3.14. The SMILES string of the molecule is N#Cc1ccnnc1-n1nnc(-c2ccccc2)n1. The molecule has 2 heterocycles. The lowest BCUT2D eigenvalue weighted by Gasteiger charge is -1.97. The molecule has 0 bridgehead atoms. The van der Waals surface area contributed by atoms with Crippen molar-refractivity contribution >= 4 is 0 Å². The van der Waals surface area contributed by atoms with Gasteiger partial charge in [-0.15, -0.1) is 20.1 Å². The van der Waals surface area contributed by atoms with Crippen LogP contribution in [-0.4, -0.2) is 30.4 Å². The van der Waals surface area contributed by atoms with E-state index in [1.165, 1.54) is 11.0 Å². The van der Waals surface area contributed by atoms with Crippen molar-refractivity contribution in [1.82, 2.24) is 30.4 Å². The van der Waals surface area contributed by atoms with Gasteiger partial charge in [0.05, 0.1) is 6.20 Å². The summed E-state index contributed by atoms with van der Waals surface area (Å²) in [5, 5.41) is 28.6. The van der Waals surface area contributed by atoms with Gasteiger partial charge in [-0.2, -0.15) is 10.4 Å². The normalized spacial score (nSPS) is 10.1. The van der Waals surface area contributed by atoms with Gasteiger partial charge in [0.2, 0.25) is 11.6 Å². The van der Waals surface area contributed by atoms with E-state index in [-0.39, 0.29) is 5.82 Å². The molecule has 19 heavy (non-hydrogen) atoms. The van der Waals surface area contributed by atoms with Crippen LogP contribution in [0.15, 0.2) is 42.6 Å². The van der Waals surface area contributed by atoms with Crippen LogP contribution in [0, 0.1) is 11.3 Å². The topological polar surface area (TPSA) is 93.2 Å². The first-order chi connectivity index (χ1) is 9.38. The molecule has 7 nitrogen and oxygen atoms in total. The Morgan fingerprint density at radius 1 is 1.05 bits per heavy atom. The Morgan fingerprint density at radius 3 is 2.68 bits per heavy atom. The lowest BCUT2D eigenvalue weighted by molar-refractivity contribution is 0.685. The van der Waals surface area contributed by atoms with Crippen LogP contribution in [0.2, 0.25) is 0 Å². The quantitative estimate of drug-likeness (QED) is 0.672. The van der Waals surface area contributed by atoms with Gasteiger partial charge < -0.3 is 0 Å². The van der Waals surface area contributed by atoms with E-state index in [1.54, 1.807) is 6.07 Å². The minimum Gasteiger partial charge on any atom is -0.192 e. The van der Waals surface area contributed by atoms with Crippen LogP contribution in [0.3, 0.4) is 0 Å². The molecule has 2 aromatic heterocycles. The maximum absolute atomic E-state index is 9.00. The molecule has 90 valence electrons. The lowest BCUT2D eigenvalue weighted by Crippen LogP contribution is -2.05. The Balaban J connectivity index is 2.05. The van der Waals surface area contributed by atoms with Crippen molar-refractivity contribution in [2.24, 2.45) is 0 Å². The first kappa shape index (κ1) is 11.0. The summed E-state index contributed by atoms with van der Waals surface area (Å²) in [6.45, 7) is 0. The molecule has 1 aromatic carbocycles. The van der Waals surface area contributed by atoms with Gasteiger partial charge in [0.15, 0.2) is 0 Å². The average molecular weight is 249 g/mol. The molecular formula is C12H7N7. The average Bonchev–Trinajstić information content (AvgIpc) is 2.98. The molecule has 3 aromatic rings. The van der Waals surface area contributed by atoms with Gasteiger partial charge in [-0.25, -0.2) is 0 Å². The Morgan fingerprint density at radius 2 is 1.89 bits per heavy atom. The predicted molar refractivity (Wildman–Crippen MR) is 64.9 cm³/mol. The van der Waals surface area contributed by atoms with E-state index in [4.69, 9.17) is 5.26 Å². The highest BCUT2D eigenvalue weighted by Crippen LogP contribution is 2.13. The lowest BCUT2D eigenvalue weighted by atomic mass is 10.2. The summed E-state index contributed by atoms with van der Waals surface area (Å²) in [6.07, 6.45) is 1.44. The molecule has 0 atom stereocenters. The van der Waals surface area contributed by atoms with E-state index in [9.17, 15) is 0 Å². The monoisotopic (exact) mass is 249 g/mol. The zero-order valence-corrected chi connectivity index (χ0v) is 9.67. The van der Waals surface area contributed by atoms with Gasteiger partial charge in [0, 0.05) is 5.56 Å². The third-order valence-electron chi connectivity index (χ3n) is 2.46. The summed E-state index contributed by atoms with van der Waals surface area (Å²) in [7, 11) is 0. The standard InChI is InChI=1S/C12H7N7/c13-8-10-6-7-14-16-12(10)19-17-11(15-18-19)9-4-2-1-3-5-9/h1-7H. The summed E-state index contributed by atoms with van der Waals surface area (Å²) in [5.74, 6) is 0.731. The number of rotatable bonds is 2. The minimum atomic E-state index is 0.264. The van der Waals surface area contributed by atoms with Gasteiger partial charge in [-0.3, -0.25) is 0 Å². The minimum absolute atomic E-state index is 0.264. The highest BCUT2D eigenvalue weighted by Gasteiger charge is 2.11. The Kier molecular flexibility index (Phi) is 2.67. The van der Waals surface area contributed by atoms with Crippen molar-refractivity contribution in [2.75, 3.05) is 0 Å². The van der Waals surface area contributed by atoms with Crippen molar-refractivity contribution in [3.8, 4) is 23.3 Å². The molecule has 0 spiro atoms. The highest BCUT2D eigenvalue weighted by atomic mass is 15.6. The second-order valence-corrected chi connectivity index (χ2v) is 3.65. The zero-order chi connectivity index (χ0) is 13.1. The Labute approximate surface area is 108 Å². The molecule has 0 unspecified atom stereocenters. The highest BCUT2D eigenvalue weighted by molar-refractivity contribution is 5.53. The van der Waals surface area contributed by atoms with Crippen LogP contribution in [0.25, 0.3) is 17.2 Å². The number of hydrogen-bond donors (Lipinski definition) is 0. The van der Waals surface area contributed by atoms with Crippen LogP contribution in [-0.2, 0) is 0 Å². The van der Waals surface area contributed by atoms with Gasteiger partial charge in [-0.05, 0) is 11.3 Å². The third kappa shape index (κ3) is 2.02. The number of hydrogen-bond acceptors (Lipinski definition) is 6. The van der Waals surface area contributed by atoms with Crippen LogP contribution < -0.4 is 0 Å². The van der Waals surface area contributed by atoms with E-state index < -0.39 is 0 Å². The van der Waals surface area contributed by atoms with Gasteiger partial charge >= 0.3 is 0 Å². The van der Waals surface area contributed by atoms with Gasteiger partial charge in [0.25, 0.3) is 0 Å². The summed E-state index contributed by atoms with van der Waals surface area (Å²) in [6, 6.07) is 13.0. The number of aromatic nitrogens is 6. The summed E-state index contributed by atoms with van der Waals surface area (Å²) in [4.78, 5) is 1.20. The van der Waals surface area contributed by atoms with Gasteiger partial charge in [-0.1, -0.05) is 30.3 Å². The number of tetrazole rings is 1. The first-order valence-electron chi connectivity index (χ1n) is 5.46. The van der Waals surface area contributed by atoms with Crippen LogP contribution >= 0.6 is 0 Å². The molecule has 0 saturated carbocycles. The van der Waals surface area contributed by atoms with Crippen LogP contribution in [0.5, 0.6) is 0 Å². The molecule has 0 aliphatic rings. The van der Waals surface area contributed by atoms with Crippen molar-refractivity contribution < 1.29 is 0 Å². The number of nitrogens with zero attached hydrogens (tertiary/aromatic N) is 7. The molecule has 3 rings (SSSR count). The second-order valence-electron chi connectivity index (χ2n) is 3.65. The molecule has 0 aliphatic heterocycles. The van der Waals surface area contributed by atoms with Gasteiger partial charge in [0.1, 0.15) is 11.6 Å². The summed E-state index contributed by atoms with van der Waals surface area (Å²) >= 11 is 0. The third-order valence-corrected chi connectivity index (χ3v) is 2.46. The molecule has 0 saturated heterocycles. The zero-order valence-electron chi connectivity index (χ0n) is 9.67. The fourth-order valence-electron chi connectivity index (χ4n) is 1.57. The van der Waals surface area contributed by atoms with E-state index in [2.05, 4.69) is 25.6 Å². The van der Waals surface area contributed by atoms with Crippen molar-refractivity contribution in [3.05, 3.63) is 48.2 Å². The molecule has 0 aliphatic carbocycles. The summed E-state index contributed by atoms with van der Waals surface area (Å²) in [5.41, 5.74) is 1.18. The van der Waals surface area contributed by atoms with Crippen LogP contribution in [0.4, 0.5) is 0 Å². The van der Waals surface area contributed by atoms with Crippen molar-refractivity contribution in [2.45, 2.75) is 0 Å². The smallest absolute Gasteiger partial charge is 0.192 e. The number of nitriles is 1. The fraction of sp³-hybridized carbons (Fsp3) is 0. The fourth-order valence-corrected chi connectivity index (χ4v) is 1.57.